The van der Waals surface area contributed by atoms with Crippen LogP contribution < -0.4 is 4.84 Å². The van der Waals surface area contributed by atoms with Crippen LogP contribution in [0.25, 0.3) is 0 Å². The molecule has 2 nitrogen and oxygen atoms in total. The van der Waals surface area contributed by atoms with Crippen LogP contribution in [-0.4, -0.2) is 5.71 Å². The third kappa shape index (κ3) is 4.23. The van der Waals surface area contributed by atoms with Gasteiger partial charge in [-0.15, -0.1) is 0 Å². The molecule has 0 fully saturated rings. The Morgan fingerprint density at radius 3 is 2.38 bits per heavy atom. The second-order valence-electron chi connectivity index (χ2n) is 4.75. The number of halogens is 6. The van der Waals surface area contributed by atoms with E-state index in [4.69, 9.17) is 16.4 Å². The van der Waals surface area contributed by atoms with E-state index in [0.717, 1.165) is 36.4 Å². The lowest BCUT2D eigenvalue weighted by Crippen LogP contribution is -2.14. The number of hydrogen-bond donors (Lipinski definition) is 0. The van der Waals surface area contributed by atoms with Crippen molar-refractivity contribution in [1.82, 2.24) is 0 Å². The van der Waals surface area contributed by atoms with Crippen molar-refractivity contribution in [3.8, 4) is 5.75 Å². The van der Waals surface area contributed by atoms with Crippen molar-refractivity contribution in [1.29, 1.82) is 0 Å². The van der Waals surface area contributed by atoms with Crippen LogP contribution in [0.3, 0.4) is 0 Å². The average molecular weight is 364 g/mol. The number of rotatable bonds is 4. The van der Waals surface area contributed by atoms with Gasteiger partial charge in [-0.1, -0.05) is 23.7 Å². The first kappa shape index (κ1) is 18.2. The molecule has 0 saturated carbocycles. The largest absolute Gasteiger partial charge is 0.417 e. The number of benzene rings is 2. The third-order valence-corrected chi connectivity index (χ3v) is 3.32. The fourth-order valence-corrected chi connectivity index (χ4v) is 2.12. The van der Waals surface area contributed by atoms with Gasteiger partial charge in [0.05, 0.1) is 11.3 Å². The zero-order valence-electron chi connectivity index (χ0n) is 12.3. The van der Waals surface area contributed by atoms with E-state index in [-0.39, 0.29) is 28.5 Å². The van der Waals surface area contributed by atoms with Gasteiger partial charge < -0.3 is 4.84 Å². The summed E-state index contributed by atoms with van der Waals surface area (Å²) in [5.41, 5.74) is -1.18. The highest BCUT2D eigenvalue weighted by molar-refractivity contribution is 6.31. The van der Waals surface area contributed by atoms with Gasteiger partial charge in [-0.25, -0.2) is 8.78 Å². The molecule has 24 heavy (non-hydrogen) atoms. The van der Waals surface area contributed by atoms with Crippen molar-refractivity contribution in [3.05, 3.63) is 64.2 Å². The normalized spacial score (nSPS) is 12.4. The van der Waals surface area contributed by atoms with Crippen molar-refractivity contribution >= 4 is 17.3 Å². The molecular weight excluding hydrogens is 353 g/mol. The lowest BCUT2D eigenvalue weighted by molar-refractivity contribution is -0.137. The van der Waals surface area contributed by atoms with E-state index in [1.165, 1.54) is 0 Å². The SMILES string of the molecule is CC/C(=N\Oc1ccc(F)c(F)c1)c1cc(Cl)ccc1C(F)(F)F. The molecule has 128 valence electrons. The number of oxime groups is 1. The lowest BCUT2D eigenvalue weighted by atomic mass is 10.0. The predicted octanol–water partition coefficient (Wildman–Crippen LogP) is 5.83. The fourth-order valence-electron chi connectivity index (χ4n) is 1.95. The molecule has 0 N–H and O–H groups in total. The van der Waals surface area contributed by atoms with E-state index in [1.54, 1.807) is 6.92 Å². The molecule has 0 atom stereocenters. The molecule has 0 unspecified atom stereocenters. The fraction of sp³-hybridized carbons (Fsp3) is 0.188. The summed E-state index contributed by atoms with van der Waals surface area (Å²) in [5.74, 6) is -2.37. The van der Waals surface area contributed by atoms with E-state index in [0.29, 0.717) is 0 Å². The minimum absolute atomic E-state index is 0.0328. The van der Waals surface area contributed by atoms with Crippen LogP contribution in [0, 0.1) is 11.6 Å². The zero-order chi connectivity index (χ0) is 17.9. The molecule has 0 aliphatic carbocycles. The second-order valence-corrected chi connectivity index (χ2v) is 5.18. The van der Waals surface area contributed by atoms with Gasteiger partial charge in [-0.3, -0.25) is 0 Å². The molecule has 0 amide bonds. The summed E-state index contributed by atoms with van der Waals surface area (Å²) in [6.07, 6.45) is -4.50. The quantitative estimate of drug-likeness (QED) is 0.380. The third-order valence-electron chi connectivity index (χ3n) is 3.09. The van der Waals surface area contributed by atoms with Crippen molar-refractivity contribution in [2.75, 3.05) is 0 Å². The molecule has 0 aliphatic rings. The molecule has 2 aromatic carbocycles. The summed E-state index contributed by atoms with van der Waals surface area (Å²) in [5, 5.41) is 3.74. The maximum absolute atomic E-state index is 13.1. The van der Waals surface area contributed by atoms with Crippen LogP contribution in [0.15, 0.2) is 41.6 Å². The van der Waals surface area contributed by atoms with E-state index in [1.807, 2.05) is 0 Å². The minimum Gasteiger partial charge on any atom is -0.357 e. The Morgan fingerprint density at radius 2 is 1.79 bits per heavy atom. The van der Waals surface area contributed by atoms with Gasteiger partial charge in [0.1, 0.15) is 0 Å². The van der Waals surface area contributed by atoms with Gasteiger partial charge in [0.15, 0.2) is 17.4 Å². The van der Waals surface area contributed by atoms with Crippen LogP contribution in [0.4, 0.5) is 22.0 Å². The van der Waals surface area contributed by atoms with Crippen molar-refractivity contribution in [2.24, 2.45) is 5.16 Å². The molecule has 0 bridgehead atoms. The number of alkyl halides is 3. The monoisotopic (exact) mass is 363 g/mol. The van der Waals surface area contributed by atoms with Gasteiger partial charge in [-0.05, 0) is 36.8 Å². The Bertz CT molecular complexity index is 774. The molecule has 0 radical (unpaired) electrons. The Morgan fingerprint density at radius 1 is 1.08 bits per heavy atom. The summed E-state index contributed by atoms with van der Waals surface area (Å²) in [4.78, 5) is 4.93. The first-order valence-corrected chi connectivity index (χ1v) is 7.16. The van der Waals surface area contributed by atoms with E-state index < -0.39 is 23.4 Å². The van der Waals surface area contributed by atoms with Crippen LogP contribution in [0.2, 0.25) is 5.02 Å². The van der Waals surface area contributed by atoms with E-state index in [9.17, 15) is 22.0 Å². The highest BCUT2D eigenvalue weighted by Gasteiger charge is 2.34. The summed E-state index contributed by atoms with van der Waals surface area (Å²) < 4.78 is 65.3. The second kappa shape index (κ2) is 7.17. The molecule has 2 rings (SSSR count). The molecule has 0 heterocycles. The van der Waals surface area contributed by atoms with Gasteiger partial charge in [0.25, 0.3) is 0 Å². The van der Waals surface area contributed by atoms with Crippen LogP contribution in [0.1, 0.15) is 24.5 Å². The van der Waals surface area contributed by atoms with Crippen molar-refractivity contribution < 1.29 is 26.8 Å². The van der Waals surface area contributed by atoms with E-state index in [2.05, 4.69) is 5.16 Å². The standard InChI is InChI=1S/C16H11ClF5NO/c1-2-15(23-24-10-4-6-13(18)14(19)8-10)11-7-9(17)3-5-12(11)16(20,21)22/h3-8H,2H2,1H3/b23-15+. The summed E-state index contributed by atoms with van der Waals surface area (Å²) in [7, 11) is 0. The molecule has 8 heteroatoms. The lowest BCUT2D eigenvalue weighted by Gasteiger charge is -2.14. The number of nitrogens with zero attached hydrogens (tertiary/aromatic N) is 1. The maximum atomic E-state index is 13.1. The molecule has 0 saturated heterocycles. The Kier molecular flexibility index (Phi) is 5.43. The highest BCUT2D eigenvalue weighted by atomic mass is 35.5. The topological polar surface area (TPSA) is 21.6 Å². The van der Waals surface area contributed by atoms with Crippen LogP contribution >= 0.6 is 11.6 Å². The first-order valence-electron chi connectivity index (χ1n) is 6.78. The Hall–Kier alpha value is -2.15. The average Bonchev–Trinajstić information content (AvgIpc) is 2.50. The van der Waals surface area contributed by atoms with Crippen molar-refractivity contribution in [3.63, 3.8) is 0 Å². The van der Waals surface area contributed by atoms with Crippen molar-refractivity contribution in [2.45, 2.75) is 19.5 Å². The van der Waals surface area contributed by atoms with Crippen LogP contribution in [-0.2, 0) is 6.18 Å². The molecular formula is C16H11ClF5NO. The van der Waals surface area contributed by atoms with E-state index >= 15 is 0 Å². The molecule has 2 aromatic rings. The summed E-state index contributed by atoms with van der Waals surface area (Å²) in [6, 6.07) is 5.78. The van der Waals surface area contributed by atoms with Gasteiger partial charge in [-0.2, -0.15) is 13.2 Å². The summed E-state index contributed by atoms with van der Waals surface area (Å²) >= 11 is 5.77. The van der Waals surface area contributed by atoms with Crippen LogP contribution in [0.5, 0.6) is 5.75 Å². The highest BCUT2D eigenvalue weighted by Crippen LogP contribution is 2.34. The minimum atomic E-state index is -4.60. The predicted molar refractivity (Wildman–Crippen MR) is 80.3 cm³/mol. The van der Waals surface area contributed by atoms with Gasteiger partial charge in [0.2, 0.25) is 0 Å². The Labute approximate surface area is 139 Å². The van der Waals surface area contributed by atoms with Gasteiger partial charge >= 0.3 is 6.18 Å². The first-order chi connectivity index (χ1) is 11.2. The molecule has 0 spiro atoms. The van der Waals surface area contributed by atoms with Gasteiger partial charge in [0, 0.05) is 16.7 Å². The number of hydrogen-bond acceptors (Lipinski definition) is 2. The maximum Gasteiger partial charge on any atom is 0.417 e. The molecule has 0 aliphatic heterocycles. The smallest absolute Gasteiger partial charge is 0.357 e. The summed E-state index contributed by atoms with van der Waals surface area (Å²) in [6.45, 7) is 1.58. The Balaban J connectivity index is 2.40. The molecule has 0 aromatic heterocycles. The zero-order valence-corrected chi connectivity index (χ0v) is 13.1.